The van der Waals surface area contributed by atoms with Crippen LogP contribution in [-0.4, -0.2) is 66.4 Å². The van der Waals surface area contributed by atoms with Gasteiger partial charge in [-0.25, -0.2) is 4.79 Å². The number of nitriles is 1. The van der Waals surface area contributed by atoms with E-state index in [2.05, 4.69) is 40.6 Å². The summed E-state index contributed by atoms with van der Waals surface area (Å²) in [5.41, 5.74) is 4.50. The predicted octanol–water partition coefficient (Wildman–Crippen LogP) is 4.69. The molecule has 5 rings (SSSR count). The van der Waals surface area contributed by atoms with Gasteiger partial charge in [-0.3, -0.25) is 4.90 Å². The van der Waals surface area contributed by atoms with Crippen molar-refractivity contribution in [3.63, 3.8) is 0 Å². The molecule has 0 aliphatic carbocycles. The number of para-hydroxylation sites is 2. The fourth-order valence-electron chi connectivity index (χ4n) is 5.73. The maximum absolute atomic E-state index is 13.3. The summed E-state index contributed by atoms with van der Waals surface area (Å²) in [6.45, 7) is 2.29. The molecule has 3 aromatic rings. The minimum atomic E-state index is -0.134. The van der Waals surface area contributed by atoms with Gasteiger partial charge in [-0.2, -0.15) is 5.26 Å². The van der Waals surface area contributed by atoms with E-state index >= 15 is 0 Å². The molecular weight excluding hydrogens is 464 g/mol. The zero-order chi connectivity index (χ0) is 25.8. The highest BCUT2D eigenvalue weighted by Crippen LogP contribution is 2.42. The standard InChI is InChI=1S/C30H32N4O3/c1-37-28-10-3-2-9-25(28)32-30(36)33-15-4-5-16-34-26(19-33)29(27(34)20-35)23-13-11-22(12-14-23)24-8-6-7-21(17-24)18-31/h2-3,6-14,17,26-27,29,35H,4-5,15-16,19-20H2,1H3,(H,32,36)/t26-,27-,29+/m0/s1. The first-order chi connectivity index (χ1) is 18.1. The molecule has 7 nitrogen and oxygen atoms in total. The van der Waals surface area contributed by atoms with Gasteiger partial charge in [0.2, 0.25) is 0 Å². The van der Waals surface area contributed by atoms with Gasteiger partial charge in [0.1, 0.15) is 5.75 Å². The zero-order valence-electron chi connectivity index (χ0n) is 21.0. The lowest BCUT2D eigenvalue weighted by atomic mass is 9.74. The van der Waals surface area contributed by atoms with Crippen molar-refractivity contribution in [2.45, 2.75) is 30.8 Å². The zero-order valence-corrected chi connectivity index (χ0v) is 21.0. The van der Waals surface area contributed by atoms with E-state index in [0.29, 0.717) is 30.1 Å². The number of methoxy groups -OCH3 is 1. The molecule has 3 aromatic carbocycles. The Bertz CT molecular complexity index is 1290. The molecule has 0 spiro atoms. The first-order valence-corrected chi connectivity index (χ1v) is 12.8. The van der Waals surface area contributed by atoms with E-state index in [1.165, 1.54) is 0 Å². The molecule has 0 unspecified atom stereocenters. The van der Waals surface area contributed by atoms with Crippen molar-refractivity contribution in [2.75, 3.05) is 38.7 Å². The fraction of sp³-hybridized carbons (Fsp3) is 0.333. The Kier molecular flexibility index (Phi) is 7.40. The van der Waals surface area contributed by atoms with Gasteiger partial charge in [-0.1, -0.05) is 48.5 Å². The maximum atomic E-state index is 13.3. The van der Waals surface area contributed by atoms with Gasteiger partial charge in [-0.15, -0.1) is 0 Å². The van der Waals surface area contributed by atoms with Gasteiger partial charge in [0.25, 0.3) is 0 Å². The number of hydrogen-bond acceptors (Lipinski definition) is 5. The summed E-state index contributed by atoms with van der Waals surface area (Å²) in [6, 6.07) is 25.7. The SMILES string of the molecule is COc1ccccc1NC(=O)N1CCCCN2[C@@H](CO)[C@H](c3ccc(-c4cccc(C#N)c4)cc3)[C@@H]2C1. The first kappa shape index (κ1) is 24.8. The molecule has 37 heavy (non-hydrogen) atoms. The van der Waals surface area contributed by atoms with Crippen molar-refractivity contribution in [1.29, 1.82) is 5.26 Å². The van der Waals surface area contributed by atoms with Crippen molar-refractivity contribution < 1.29 is 14.6 Å². The van der Waals surface area contributed by atoms with Crippen LogP contribution in [0.1, 0.15) is 29.9 Å². The highest BCUT2D eigenvalue weighted by atomic mass is 16.5. The number of amides is 2. The lowest BCUT2D eigenvalue weighted by Gasteiger charge is -2.57. The Labute approximate surface area is 217 Å². The molecule has 190 valence electrons. The highest BCUT2D eigenvalue weighted by Gasteiger charge is 2.49. The second-order valence-corrected chi connectivity index (χ2v) is 9.68. The second-order valence-electron chi connectivity index (χ2n) is 9.68. The van der Waals surface area contributed by atoms with Crippen LogP contribution in [0.4, 0.5) is 10.5 Å². The highest BCUT2D eigenvalue weighted by molar-refractivity contribution is 5.91. The largest absolute Gasteiger partial charge is 0.495 e. The van der Waals surface area contributed by atoms with Crippen LogP contribution in [0, 0.1) is 11.3 Å². The van der Waals surface area contributed by atoms with Crippen LogP contribution >= 0.6 is 0 Å². The summed E-state index contributed by atoms with van der Waals surface area (Å²) in [6.07, 6.45) is 1.90. The smallest absolute Gasteiger partial charge is 0.322 e. The number of urea groups is 1. The summed E-state index contributed by atoms with van der Waals surface area (Å²) in [5.74, 6) is 0.760. The van der Waals surface area contributed by atoms with Crippen LogP contribution in [0.25, 0.3) is 11.1 Å². The van der Waals surface area contributed by atoms with E-state index in [0.717, 1.165) is 36.1 Å². The van der Waals surface area contributed by atoms with E-state index in [1.807, 2.05) is 47.4 Å². The summed E-state index contributed by atoms with van der Waals surface area (Å²) < 4.78 is 5.40. The van der Waals surface area contributed by atoms with Crippen LogP contribution < -0.4 is 10.1 Å². The van der Waals surface area contributed by atoms with Gasteiger partial charge < -0.3 is 20.1 Å². The predicted molar refractivity (Wildman–Crippen MR) is 144 cm³/mol. The number of ether oxygens (including phenoxy) is 1. The number of carbonyl (C=O) groups excluding carboxylic acids is 1. The van der Waals surface area contributed by atoms with E-state index in [1.54, 1.807) is 13.2 Å². The number of benzene rings is 3. The summed E-state index contributed by atoms with van der Waals surface area (Å²) in [7, 11) is 1.60. The van der Waals surface area contributed by atoms with Crippen molar-refractivity contribution in [2.24, 2.45) is 0 Å². The molecular formula is C30H32N4O3. The van der Waals surface area contributed by atoms with Gasteiger partial charge in [0.15, 0.2) is 0 Å². The third kappa shape index (κ3) is 5.04. The molecule has 3 atom stereocenters. The molecule has 2 aliphatic heterocycles. The van der Waals surface area contributed by atoms with Crippen LogP contribution in [-0.2, 0) is 0 Å². The summed E-state index contributed by atoms with van der Waals surface area (Å²) in [5, 5.41) is 22.5. The number of anilines is 1. The Morgan fingerprint density at radius 3 is 2.59 bits per heavy atom. The molecule has 2 aliphatic rings. The van der Waals surface area contributed by atoms with E-state index in [-0.39, 0.29) is 30.6 Å². The second kappa shape index (κ2) is 11.0. The van der Waals surface area contributed by atoms with Gasteiger partial charge >= 0.3 is 6.03 Å². The Balaban J connectivity index is 1.35. The molecule has 2 saturated heterocycles. The quantitative estimate of drug-likeness (QED) is 0.535. The molecule has 0 bridgehead atoms. The van der Waals surface area contributed by atoms with E-state index < -0.39 is 0 Å². The number of carbonyl (C=O) groups is 1. The minimum Gasteiger partial charge on any atom is -0.495 e. The number of nitrogens with zero attached hydrogens (tertiary/aromatic N) is 3. The Morgan fingerprint density at radius 2 is 1.84 bits per heavy atom. The average molecular weight is 497 g/mol. The molecule has 2 fully saturated rings. The molecule has 0 saturated carbocycles. The lowest BCUT2D eigenvalue weighted by Crippen LogP contribution is -2.68. The Morgan fingerprint density at radius 1 is 1.05 bits per heavy atom. The van der Waals surface area contributed by atoms with Crippen molar-refractivity contribution in [3.8, 4) is 22.9 Å². The number of hydrogen-bond donors (Lipinski definition) is 2. The number of nitrogens with one attached hydrogen (secondary N) is 1. The number of fused-ring (bicyclic) bond motifs is 1. The number of aliphatic hydroxyl groups excluding tert-OH is 1. The van der Waals surface area contributed by atoms with Crippen molar-refractivity contribution >= 4 is 11.7 Å². The third-order valence-electron chi connectivity index (χ3n) is 7.63. The first-order valence-electron chi connectivity index (χ1n) is 12.8. The topological polar surface area (TPSA) is 88.8 Å². The van der Waals surface area contributed by atoms with Crippen LogP contribution in [0.15, 0.2) is 72.8 Å². The summed E-state index contributed by atoms with van der Waals surface area (Å²) >= 11 is 0. The minimum absolute atomic E-state index is 0.0370. The van der Waals surface area contributed by atoms with Crippen LogP contribution in [0.2, 0.25) is 0 Å². The van der Waals surface area contributed by atoms with Gasteiger partial charge in [-0.05, 0) is 60.3 Å². The van der Waals surface area contributed by atoms with E-state index in [9.17, 15) is 15.2 Å². The number of rotatable bonds is 5. The molecule has 2 heterocycles. The molecule has 2 amide bonds. The van der Waals surface area contributed by atoms with E-state index in [4.69, 9.17) is 4.74 Å². The average Bonchev–Trinajstić information content (AvgIpc) is 2.92. The van der Waals surface area contributed by atoms with Gasteiger partial charge in [0, 0.05) is 31.1 Å². The molecule has 0 aromatic heterocycles. The van der Waals surface area contributed by atoms with Crippen molar-refractivity contribution in [1.82, 2.24) is 9.80 Å². The molecule has 7 heteroatoms. The molecule has 2 N–H and O–H groups in total. The number of aliphatic hydroxyl groups is 1. The van der Waals surface area contributed by atoms with Crippen molar-refractivity contribution in [3.05, 3.63) is 83.9 Å². The molecule has 0 radical (unpaired) electrons. The lowest BCUT2D eigenvalue weighted by molar-refractivity contribution is -0.0585. The van der Waals surface area contributed by atoms with Crippen LogP contribution in [0.5, 0.6) is 5.75 Å². The fourth-order valence-corrected chi connectivity index (χ4v) is 5.73. The third-order valence-corrected chi connectivity index (χ3v) is 7.63. The Hall–Kier alpha value is -3.86. The maximum Gasteiger partial charge on any atom is 0.322 e. The summed E-state index contributed by atoms with van der Waals surface area (Å²) in [4.78, 5) is 17.5. The monoisotopic (exact) mass is 496 g/mol. The van der Waals surface area contributed by atoms with Crippen LogP contribution in [0.3, 0.4) is 0 Å². The normalized spacial score (nSPS) is 21.5. The van der Waals surface area contributed by atoms with Gasteiger partial charge in [0.05, 0.1) is 31.0 Å².